The number of carboxylic acid groups (broad SMARTS) is 1. The van der Waals surface area contributed by atoms with E-state index in [1.54, 1.807) is 18.2 Å². The Morgan fingerprint density at radius 2 is 2.08 bits per heavy atom. The summed E-state index contributed by atoms with van der Waals surface area (Å²) < 4.78 is 5.38. The number of rotatable bonds is 3. The lowest BCUT2D eigenvalue weighted by atomic mass is 9.72. The highest BCUT2D eigenvalue weighted by Gasteiger charge is 2.38. The number of amides is 1. The van der Waals surface area contributed by atoms with Gasteiger partial charge in [0.25, 0.3) is 5.91 Å². The fourth-order valence-electron chi connectivity index (χ4n) is 3.24. The van der Waals surface area contributed by atoms with E-state index in [4.69, 9.17) is 4.65 Å². The molecule has 132 valence electrons. The van der Waals surface area contributed by atoms with Gasteiger partial charge in [-0.3, -0.25) is 4.79 Å². The maximum Gasteiger partial charge on any atom is 0.547 e. The van der Waals surface area contributed by atoms with Crippen LogP contribution in [0.4, 0.5) is 0 Å². The molecule has 0 unspecified atom stereocenters. The van der Waals surface area contributed by atoms with Crippen molar-refractivity contribution < 1.29 is 24.4 Å². The van der Waals surface area contributed by atoms with Gasteiger partial charge in [-0.15, -0.1) is 0 Å². The smallest absolute Gasteiger partial charge is 0.534 e. The Kier molecular flexibility index (Phi) is 4.10. The molecular weight excluding hydrogens is 337 g/mol. The van der Waals surface area contributed by atoms with Crippen LogP contribution in [0.3, 0.4) is 0 Å². The van der Waals surface area contributed by atoms with Crippen LogP contribution < -0.4 is 15.3 Å². The molecule has 9 heteroatoms. The van der Waals surface area contributed by atoms with Crippen LogP contribution in [-0.2, 0) is 19.5 Å². The quantitative estimate of drug-likeness (QED) is 0.579. The number of benzene rings is 1. The number of carboxylic acids is 1. The largest absolute Gasteiger partial charge is 0.547 e. The highest BCUT2D eigenvalue weighted by atomic mass is 16.5. The molecule has 1 aromatic heterocycles. The number of nitrogens with zero attached hydrogens (tertiary/aromatic N) is 1. The van der Waals surface area contributed by atoms with Crippen LogP contribution in [0.5, 0.6) is 5.75 Å². The van der Waals surface area contributed by atoms with Crippen LogP contribution >= 0.6 is 0 Å². The summed E-state index contributed by atoms with van der Waals surface area (Å²) in [5.41, 5.74) is 2.78. The molecule has 0 bridgehead atoms. The summed E-state index contributed by atoms with van der Waals surface area (Å²) in [6.07, 6.45) is 0.260. The molecule has 0 spiro atoms. The number of aromatic nitrogens is 1. The minimum atomic E-state index is -1.34. The lowest BCUT2D eigenvalue weighted by Gasteiger charge is -2.28. The summed E-state index contributed by atoms with van der Waals surface area (Å²) in [7, 11) is -1.34. The molecular formula is C17H16BN3O5. The number of nitrogens with one attached hydrogen (secondary N) is 2. The second kappa shape index (κ2) is 6.43. The molecule has 0 aliphatic carbocycles. The summed E-state index contributed by atoms with van der Waals surface area (Å²) in [6.45, 7) is 1.36. The van der Waals surface area contributed by atoms with E-state index in [0.717, 1.165) is 17.8 Å². The molecule has 1 atom stereocenters. The van der Waals surface area contributed by atoms with E-state index < -0.39 is 24.9 Å². The molecule has 2 aliphatic heterocycles. The molecule has 2 aromatic rings. The first kappa shape index (κ1) is 16.6. The number of aromatic carboxylic acids is 1. The predicted molar refractivity (Wildman–Crippen MR) is 91.7 cm³/mol. The molecule has 0 radical (unpaired) electrons. The van der Waals surface area contributed by atoms with Gasteiger partial charge in [0.15, 0.2) is 0 Å². The van der Waals surface area contributed by atoms with Gasteiger partial charge in [0.1, 0.15) is 11.4 Å². The number of pyridine rings is 1. The van der Waals surface area contributed by atoms with Gasteiger partial charge in [-0.2, -0.15) is 0 Å². The Morgan fingerprint density at radius 1 is 1.23 bits per heavy atom. The third-order valence-electron chi connectivity index (χ3n) is 4.58. The van der Waals surface area contributed by atoms with Crippen LogP contribution in [0.2, 0.25) is 0 Å². The molecule has 26 heavy (non-hydrogen) atoms. The molecule has 1 amide bonds. The second-order valence-corrected chi connectivity index (χ2v) is 6.30. The maximum absolute atomic E-state index is 12.5. The van der Waals surface area contributed by atoms with Crippen molar-refractivity contribution in [2.75, 3.05) is 0 Å². The monoisotopic (exact) mass is 353 g/mol. The van der Waals surface area contributed by atoms with Crippen LogP contribution in [0, 0.1) is 0 Å². The minimum Gasteiger partial charge on any atom is -0.534 e. The molecule has 2 aliphatic rings. The Morgan fingerprint density at radius 3 is 2.88 bits per heavy atom. The summed E-state index contributed by atoms with van der Waals surface area (Å²) in [6, 6.07) is 8.24. The topological polar surface area (TPSA) is 121 Å². The standard InChI is InChI=1S/C17H16BN3O5/c22-16(12-5-4-10-7-19-8-13(10)20-12)21-14-6-9-2-1-3-11(17(23)24)15(9)26-18(14)25/h1-5,14,19,25H,6-8H2,(H,21,22)(H,23,24)/t14-/m0/s1. The lowest BCUT2D eigenvalue weighted by Crippen LogP contribution is -2.53. The van der Waals surface area contributed by atoms with Crippen molar-refractivity contribution >= 4 is 19.0 Å². The molecule has 8 nitrogen and oxygen atoms in total. The zero-order valence-electron chi connectivity index (χ0n) is 13.7. The summed E-state index contributed by atoms with van der Waals surface area (Å²) in [5.74, 6) is -2.11. The van der Waals surface area contributed by atoms with Gasteiger partial charge in [0, 0.05) is 13.1 Å². The number of para-hydroxylation sites is 1. The van der Waals surface area contributed by atoms with Crippen LogP contribution in [0.25, 0.3) is 0 Å². The number of hydrogen-bond acceptors (Lipinski definition) is 6. The first-order chi connectivity index (χ1) is 12.5. The molecule has 0 saturated heterocycles. The fourth-order valence-corrected chi connectivity index (χ4v) is 3.24. The van der Waals surface area contributed by atoms with E-state index in [1.807, 2.05) is 6.07 Å². The van der Waals surface area contributed by atoms with Crippen molar-refractivity contribution in [3.8, 4) is 5.75 Å². The van der Waals surface area contributed by atoms with Gasteiger partial charge in [-0.25, -0.2) is 9.78 Å². The van der Waals surface area contributed by atoms with Gasteiger partial charge < -0.3 is 25.4 Å². The Labute approximate surface area is 149 Å². The third-order valence-corrected chi connectivity index (χ3v) is 4.58. The van der Waals surface area contributed by atoms with Crippen molar-refractivity contribution in [1.29, 1.82) is 0 Å². The van der Waals surface area contributed by atoms with Gasteiger partial charge in [0.05, 0.1) is 17.2 Å². The number of carbonyl (C=O) groups excluding carboxylic acids is 1. The maximum atomic E-state index is 12.5. The minimum absolute atomic E-state index is 0.0147. The number of carbonyl (C=O) groups is 2. The normalized spacial score (nSPS) is 17.9. The fraction of sp³-hybridized carbons (Fsp3) is 0.235. The first-order valence-corrected chi connectivity index (χ1v) is 8.23. The zero-order chi connectivity index (χ0) is 18.3. The van der Waals surface area contributed by atoms with E-state index in [9.17, 15) is 19.7 Å². The van der Waals surface area contributed by atoms with Gasteiger partial charge >= 0.3 is 13.1 Å². The van der Waals surface area contributed by atoms with Crippen molar-refractivity contribution in [2.24, 2.45) is 0 Å². The molecule has 0 fully saturated rings. The highest BCUT2D eigenvalue weighted by Crippen LogP contribution is 2.30. The van der Waals surface area contributed by atoms with E-state index in [2.05, 4.69) is 15.6 Å². The number of hydrogen-bond donors (Lipinski definition) is 4. The third kappa shape index (κ3) is 2.91. The SMILES string of the molecule is O=C(N[C@H]1Cc2cccc(C(=O)O)c2OB1O)c1ccc2c(n1)CNC2. The Bertz CT molecular complexity index is 904. The Hall–Kier alpha value is -2.91. The van der Waals surface area contributed by atoms with Crippen molar-refractivity contribution in [2.45, 2.75) is 25.5 Å². The summed E-state index contributed by atoms with van der Waals surface area (Å²) in [4.78, 5) is 28.1. The predicted octanol–water partition coefficient (Wildman–Crippen LogP) is 0.136. The molecule has 4 N–H and O–H groups in total. The molecule has 4 rings (SSSR count). The average molecular weight is 353 g/mol. The second-order valence-electron chi connectivity index (χ2n) is 6.30. The molecule has 3 heterocycles. The van der Waals surface area contributed by atoms with Crippen molar-refractivity contribution in [3.63, 3.8) is 0 Å². The lowest BCUT2D eigenvalue weighted by molar-refractivity contribution is 0.0693. The van der Waals surface area contributed by atoms with Crippen LogP contribution in [0.1, 0.15) is 37.7 Å². The molecule has 0 saturated carbocycles. The van der Waals surface area contributed by atoms with Gasteiger partial charge in [-0.1, -0.05) is 18.2 Å². The van der Waals surface area contributed by atoms with Crippen molar-refractivity contribution in [3.05, 3.63) is 58.4 Å². The summed E-state index contributed by atoms with van der Waals surface area (Å²) >= 11 is 0. The average Bonchev–Trinajstić information content (AvgIpc) is 3.09. The van der Waals surface area contributed by atoms with Crippen LogP contribution in [-0.4, -0.2) is 40.1 Å². The highest BCUT2D eigenvalue weighted by molar-refractivity contribution is 6.47. The van der Waals surface area contributed by atoms with Crippen LogP contribution in [0.15, 0.2) is 30.3 Å². The zero-order valence-corrected chi connectivity index (χ0v) is 13.7. The van der Waals surface area contributed by atoms with Gasteiger partial charge in [0.2, 0.25) is 0 Å². The van der Waals surface area contributed by atoms with Crippen molar-refractivity contribution in [1.82, 2.24) is 15.6 Å². The molecule has 1 aromatic carbocycles. The van der Waals surface area contributed by atoms with Gasteiger partial charge in [-0.05, 0) is 29.7 Å². The Balaban J connectivity index is 1.53. The van der Waals surface area contributed by atoms with E-state index >= 15 is 0 Å². The van der Waals surface area contributed by atoms with E-state index in [0.29, 0.717) is 12.1 Å². The number of fused-ring (bicyclic) bond motifs is 2. The first-order valence-electron chi connectivity index (χ1n) is 8.23. The van der Waals surface area contributed by atoms with E-state index in [1.165, 1.54) is 6.07 Å². The van der Waals surface area contributed by atoms with E-state index in [-0.39, 0.29) is 23.4 Å². The summed E-state index contributed by atoms with van der Waals surface area (Å²) in [5, 5.41) is 25.3.